The molecule has 0 bridgehead atoms. The highest BCUT2D eigenvalue weighted by Crippen LogP contribution is 2.31. The van der Waals surface area contributed by atoms with E-state index < -0.39 is 11.4 Å². The standard InChI is InChI=1S/C15H13NO3/c1-15(14(17)18,9-12-6-4-8-19-12)13-7-3-2-5-11(13)10-16/h2-8H,9H2,1H3,(H,17,18). The molecule has 0 saturated carbocycles. The third-order valence-corrected chi connectivity index (χ3v) is 3.22. The number of hydrogen-bond acceptors (Lipinski definition) is 3. The molecule has 0 aliphatic heterocycles. The van der Waals surface area contributed by atoms with Crippen LogP contribution in [0.4, 0.5) is 0 Å². The van der Waals surface area contributed by atoms with Crippen molar-refractivity contribution in [1.29, 1.82) is 5.26 Å². The summed E-state index contributed by atoms with van der Waals surface area (Å²) < 4.78 is 5.23. The minimum Gasteiger partial charge on any atom is -0.481 e. The van der Waals surface area contributed by atoms with Gasteiger partial charge in [0.05, 0.1) is 23.3 Å². The van der Waals surface area contributed by atoms with Crippen LogP contribution < -0.4 is 0 Å². The van der Waals surface area contributed by atoms with Gasteiger partial charge in [0.15, 0.2) is 0 Å². The molecule has 2 aromatic rings. The predicted octanol–water partition coefficient (Wildman–Crippen LogP) is 2.74. The van der Waals surface area contributed by atoms with Gasteiger partial charge in [0.2, 0.25) is 0 Å². The third-order valence-electron chi connectivity index (χ3n) is 3.22. The fourth-order valence-electron chi connectivity index (χ4n) is 2.11. The lowest BCUT2D eigenvalue weighted by atomic mass is 9.77. The van der Waals surface area contributed by atoms with Crippen LogP contribution in [0.3, 0.4) is 0 Å². The lowest BCUT2D eigenvalue weighted by Gasteiger charge is -2.25. The third kappa shape index (κ3) is 2.36. The van der Waals surface area contributed by atoms with Gasteiger partial charge in [0.25, 0.3) is 0 Å². The topological polar surface area (TPSA) is 74.2 Å². The maximum absolute atomic E-state index is 11.7. The molecular weight excluding hydrogens is 242 g/mol. The van der Waals surface area contributed by atoms with Gasteiger partial charge in [-0.15, -0.1) is 0 Å². The summed E-state index contributed by atoms with van der Waals surface area (Å²) in [5, 5.41) is 18.7. The first-order valence-electron chi connectivity index (χ1n) is 5.83. The van der Waals surface area contributed by atoms with Crippen LogP contribution in [-0.4, -0.2) is 11.1 Å². The van der Waals surface area contributed by atoms with Gasteiger partial charge < -0.3 is 9.52 Å². The summed E-state index contributed by atoms with van der Waals surface area (Å²) in [5.74, 6) is -0.399. The Morgan fingerprint density at radius 1 is 1.37 bits per heavy atom. The second kappa shape index (κ2) is 4.99. The summed E-state index contributed by atoms with van der Waals surface area (Å²) >= 11 is 0. The van der Waals surface area contributed by atoms with E-state index in [1.807, 2.05) is 6.07 Å². The zero-order chi connectivity index (χ0) is 13.9. The molecule has 1 aromatic carbocycles. The van der Waals surface area contributed by atoms with Crippen molar-refractivity contribution >= 4 is 5.97 Å². The normalized spacial score (nSPS) is 13.5. The van der Waals surface area contributed by atoms with E-state index in [1.165, 1.54) is 6.26 Å². The molecule has 0 aliphatic carbocycles. The van der Waals surface area contributed by atoms with Gasteiger partial charge in [-0.05, 0) is 30.7 Å². The average Bonchev–Trinajstić information content (AvgIpc) is 2.91. The summed E-state index contributed by atoms with van der Waals surface area (Å²) in [5.41, 5.74) is -0.315. The Morgan fingerprint density at radius 2 is 2.11 bits per heavy atom. The molecular formula is C15H13NO3. The number of rotatable bonds is 4. The van der Waals surface area contributed by atoms with Crippen LogP contribution in [0.2, 0.25) is 0 Å². The molecule has 1 N–H and O–H groups in total. The van der Waals surface area contributed by atoms with Crippen molar-refractivity contribution in [3.63, 3.8) is 0 Å². The number of carbonyl (C=O) groups is 1. The highest BCUT2D eigenvalue weighted by molar-refractivity contribution is 5.82. The zero-order valence-electron chi connectivity index (χ0n) is 10.5. The number of carboxylic acid groups (broad SMARTS) is 1. The largest absolute Gasteiger partial charge is 0.481 e. The summed E-state index contributed by atoms with van der Waals surface area (Å²) in [6, 6.07) is 12.2. The molecule has 0 aliphatic rings. The smallest absolute Gasteiger partial charge is 0.314 e. The first-order chi connectivity index (χ1) is 9.08. The van der Waals surface area contributed by atoms with E-state index in [1.54, 1.807) is 43.3 Å². The maximum Gasteiger partial charge on any atom is 0.314 e. The highest BCUT2D eigenvalue weighted by atomic mass is 16.4. The van der Waals surface area contributed by atoms with E-state index in [0.717, 1.165) is 0 Å². The van der Waals surface area contributed by atoms with Gasteiger partial charge in [-0.3, -0.25) is 4.79 Å². The zero-order valence-corrected chi connectivity index (χ0v) is 10.5. The molecule has 0 spiro atoms. The summed E-state index contributed by atoms with van der Waals surface area (Å²) in [7, 11) is 0. The SMILES string of the molecule is CC(Cc1ccco1)(C(=O)O)c1ccccc1C#N. The van der Waals surface area contributed by atoms with Gasteiger partial charge in [0, 0.05) is 6.42 Å². The van der Waals surface area contributed by atoms with Crippen LogP contribution in [0.15, 0.2) is 47.1 Å². The molecule has 1 aromatic heterocycles. The molecule has 0 radical (unpaired) electrons. The van der Waals surface area contributed by atoms with E-state index >= 15 is 0 Å². The first kappa shape index (κ1) is 12.9. The molecule has 1 atom stereocenters. The minimum atomic E-state index is -1.19. The Labute approximate surface area is 110 Å². The number of hydrogen-bond donors (Lipinski definition) is 1. The summed E-state index contributed by atoms with van der Waals surface area (Å²) in [4.78, 5) is 11.7. The summed E-state index contributed by atoms with van der Waals surface area (Å²) in [6.07, 6.45) is 1.71. The monoisotopic (exact) mass is 255 g/mol. The quantitative estimate of drug-likeness (QED) is 0.911. The Kier molecular flexibility index (Phi) is 3.39. The van der Waals surface area contributed by atoms with Crippen LogP contribution >= 0.6 is 0 Å². The second-order valence-corrected chi connectivity index (χ2v) is 4.55. The number of furan rings is 1. The Bertz CT molecular complexity index is 625. The van der Waals surface area contributed by atoms with Gasteiger partial charge in [-0.2, -0.15) is 5.26 Å². The fourth-order valence-corrected chi connectivity index (χ4v) is 2.11. The van der Waals surface area contributed by atoms with E-state index in [-0.39, 0.29) is 6.42 Å². The summed E-state index contributed by atoms with van der Waals surface area (Å²) in [6.45, 7) is 1.61. The molecule has 1 unspecified atom stereocenters. The Balaban J connectivity index is 2.51. The van der Waals surface area contributed by atoms with Gasteiger partial charge >= 0.3 is 5.97 Å². The molecule has 2 rings (SSSR count). The number of aliphatic carboxylic acids is 1. The van der Waals surface area contributed by atoms with Crippen molar-refractivity contribution in [2.45, 2.75) is 18.8 Å². The van der Waals surface area contributed by atoms with Crippen molar-refractivity contribution in [3.05, 3.63) is 59.5 Å². The average molecular weight is 255 g/mol. The van der Waals surface area contributed by atoms with Crippen LogP contribution in [0, 0.1) is 11.3 Å². The van der Waals surface area contributed by atoms with Crippen molar-refractivity contribution in [2.75, 3.05) is 0 Å². The number of benzene rings is 1. The number of nitrogens with zero attached hydrogens (tertiary/aromatic N) is 1. The van der Waals surface area contributed by atoms with E-state index in [2.05, 4.69) is 0 Å². The molecule has 1 heterocycles. The van der Waals surface area contributed by atoms with E-state index in [4.69, 9.17) is 9.68 Å². The molecule has 0 amide bonds. The van der Waals surface area contributed by atoms with Gasteiger partial charge in [0.1, 0.15) is 5.76 Å². The fraction of sp³-hybridized carbons (Fsp3) is 0.200. The van der Waals surface area contributed by atoms with E-state index in [0.29, 0.717) is 16.9 Å². The molecule has 19 heavy (non-hydrogen) atoms. The molecule has 96 valence electrons. The van der Waals surface area contributed by atoms with Crippen molar-refractivity contribution in [3.8, 4) is 6.07 Å². The lowest BCUT2D eigenvalue weighted by Crippen LogP contribution is -2.35. The molecule has 4 heteroatoms. The van der Waals surface area contributed by atoms with E-state index in [9.17, 15) is 9.90 Å². The molecule has 4 nitrogen and oxygen atoms in total. The minimum absolute atomic E-state index is 0.202. The van der Waals surface area contributed by atoms with Crippen molar-refractivity contribution < 1.29 is 14.3 Å². The first-order valence-corrected chi connectivity index (χ1v) is 5.83. The molecule has 0 saturated heterocycles. The molecule has 0 fully saturated rings. The highest BCUT2D eigenvalue weighted by Gasteiger charge is 2.38. The Morgan fingerprint density at radius 3 is 2.68 bits per heavy atom. The van der Waals surface area contributed by atoms with Gasteiger partial charge in [-0.1, -0.05) is 18.2 Å². The van der Waals surface area contributed by atoms with Gasteiger partial charge in [-0.25, -0.2) is 0 Å². The van der Waals surface area contributed by atoms with Crippen LogP contribution in [0.1, 0.15) is 23.8 Å². The van der Waals surface area contributed by atoms with Crippen LogP contribution in [-0.2, 0) is 16.6 Å². The maximum atomic E-state index is 11.7. The van der Waals surface area contributed by atoms with Crippen LogP contribution in [0.25, 0.3) is 0 Å². The lowest BCUT2D eigenvalue weighted by molar-refractivity contribution is -0.143. The number of carboxylic acids is 1. The van der Waals surface area contributed by atoms with Crippen LogP contribution in [0.5, 0.6) is 0 Å². The number of nitriles is 1. The Hall–Kier alpha value is -2.54. The van der Waals surface area contributed by atoms with Crippen molar-refractivity contribution in [2.24, 2.45) is 0 Å². The predicted molar refractivity (Wildman–Crippen MR) is 68.6 cm³/mol. The second-order valence-electron chi connectivity index (χ2n) is 4.55. The van der Waals surface area contributed by atoms with Crippen molar-refractivity contribution in [1.82, 2.24) is 0 Å².